The van der Waals surface area contributed by atoms with Gasteiger partial charge in [-0.05, 0) is 61.8 Å². The summed E-state index contributed by atoms with van der Waals surface area (Å²) in [4.78, 5) is 0. The SMILES string of the molecule is C.C.CC1(C)OB(c2ccc(Cl)c3c(CS(C)(=O)=O)nn(CC(F)(F)F)c23)OC1(C)C.CS(=O)(=O)Cc1nn(CC(F)(F)F)c2c(Br)ccc(Cl)c12. The highest BCUT2D eigenvalue weighted by Gasteiger charge is 2.52. The number of halogens is 9. The molecule has 0 aliphatic carbocycles. The first-order chi connectivity index (χ1) is 22.5. The van der Waals surface area contributed by atoms with Crippen LogP contribution in [-0.2, 0) is 53.6 Å². The molecule has 1 aliphatic heterocycles. The molecule has 0 unspecified atom stereocenters. The van der Waals surface area contributed by atoms with Crippen molar-refractivity contribution in [1.29, 1.82) is 0 Å². The average Bonchev–Trinajstić information content (AvgIpc) is 3.47. The van der Waals surface area contributed by atoms with E-state index in [1.54, 1.807) is 0 Å². The van der Waals surface area contributed by atoms with Crippen LogP contribution in [0, 0.1) is 0 Å². The van der Waals surface area contributed by atoms with Gasteiger partial charge in [0.05, 0.1) is 55.2 Å². The number of hydrogen-bond acceptors (Lipinski definition) is 8. The fourth-order valence-corrected chi connectivity index (χ4v) is 7.58. The molecule has 22 heteroatoms. The van der Waals surface area contributed by atoms with Crippen LogP contribution in [-0.4, -0.2) is 79.6 Å². The second kappa shape index (κ2) is 15.6. The molecule has 52 heavy (non-hydrogen) atoms. The lowest BCUT2D eigenvalue weighted by molar-refractivity contribution is -0.142. The minimum Gasteiger partial charge on any atom is -0.399 e. The number of hydrogen-bond donors (Lipinski definition) is 0. The zero-order valence-electron chi connectivity index (χ0n) is 27.2. The lowest BCUT2D eigenvalue weighted by Crippen LogP contribution is -2.41. The van der Waals surface area contributed by atoms with Crippen molar-refractivity contribution in [2.45, 2.75) is 90.7 Å². The fourth-order valence-electron chi connectivity index (χ4n) is 5.12. The third-order valence-electron chi connectivity index (χ3n) is 7.78. The Morgan fingerprint density at radius 2 is 1.10 bits per heavy atom. The van der Waals surface area contributed by atoms with Gasteiger partial charge < -0.3 is 9.31 Å². The normalized spacial score (nSPS) is 16.0. The van der Waals surface area contributed by atoms with E-state index >= 15 is 0 Å². The molecular formula is C30H38BBrCl2F6N4O6S2. The van der Waals surface area contributed by atoms with Gasteiger partial charge in [0.15, 0.2) is 19.7 Å². The zero-order chi connectivity index (χ0) is 38.0. The Kier molecular flexibility index (Phi) is 13.8. The molecule has 5 rings (SSSR count). The van der Waals surface area contributed by atoms with Crippen molar-refractivity contribution in [3.8, 4) is 0 Å². The zero-order valence-corrected chi connectivity index (χ0v) is 31.9. The van der Waals surface area contributed by atoms with Gasteiger partial charge in [0.25, 0.3) is 0 Å². The van der Waals surface area contributed by atoms with Gasteiger partial charge in [0, 0.05) is 33.2 Å². The van der Waals surface area contributed by atoms with Crippen LogP contribution in [0.3, 0.4) is 0 Å². The molecule has 2 aromatic carbocycles. The number of alkyl halides is 6. The van der Waals surface area contributed by atoms with E-state index in [4.69, 9.17) is 32.5 Å². The Hall–Kier alpha value is -2.10. The van der Waals surface area contributed by atoms with Gasteiger partial charge in [-0.1, -0.05) is 44.1 Å². The van der Waals surface area contributed by atoms with E-state index in [1.165, 1.54) is 24.3 Å². The smallest absolute Gasteiger partial charge is 0.399 e. The maximum Gasteiger partial charge on any atom is 0.497 e. The van der Waals surface area contributed by atoms with E-state index in [0.717, 1.165) is 17.2 Å². The third-order valence-corrected chi connectivity index (χ3v) is 10.6. The van der Waals surface area contributed by atoms with Gasteiger partial charge in [-0.2, -0.15) is 36.5 Å². The maximum atomic E-state index is 13.2. The summed E-state index contributed by atoms with van der Waals surface area (Å²) in [6.07, 6.45) is -7.10. The topological polar surface area (TPSA) is 122 Å². The van der Waals surface area contributed by atoms with Crippen molar-refractivity contribution in [2.75, 3.05) is 12.5 Å². The molecule has 0 spiro atoms. The van der Waals surface area contributed by atoms with E-state index in [1.807, 2.05) is 27.7 Å². The number of aromatic nitrogens is 4. The number of benzene rings is 2. The van der Waals surface area contributed by atoms with Crippen LogP contribution in [0.2, 0.25) is 10.0 Å². The van der Waals surface area contributed by atoms with Gasteiger partial charge in [0.2, 0.25) is 0 Å². The second-order valence-electron chi connectivity index (χ2n) is 12.8. The molecule has 0 saturated carbocycles. The molecule has 3 heterocycles. The lowest BCUT2D eigenvalue weighted by Gasteiger charge is -2.32. The van der Waals surface area contributed by atoms with Crippen LogP contribution in [0.5, 0.6) is 0 Å². The predicted molar refractivity (Wildman–Crippen MR) is 196 cm³/mol. The first-order valence-electron chi connectivity index (χ1n) is 14.3. The minimum atomic E-state index is -4.57. The Balaban J connectivity index is 0.000000363. The summed E-state index contributed by atoms with van der Waals surface area (Å²) in [5.41, 5.74) is -0.995. The summed E-state index contributed by atoms with van der Waals surface area (Å²) in [7, 11) is -7.99. The Morgan fingerprint density at radius 1 is 0.731 bits per heavy atom. The molecule has 0 radical (unpaired) electrons. The van der Waals surface area contributed by atoms with E-state index in [9.17, 15) is 43.2 Å². The highest BCUT2D eigenvalue weighted by Crippen LogP contribution is 2.39. The third kappa shape index (κ3) is 10.8. The second-order valence-corrected chi connectivity index (χ2v) is 18.7. The summed E-state index contributed by atoms with van der Waals surface area (Å²) >= 11 is 15.4. The maximum absolute atomic E-state index is 13.2. The summed E-state index contributed by atoms with van der Waals surface area (Å²) in [5, 5.41) is 8.35. The molecular weight excluding hydrogens is 852 g/mol. The largest absolute Gasteiger partial charge is 0.497 e. The number of fused-ring (bicyclic) bond motifs is 2. The molecule has 0 N–H and O–H groups in total. The van der Waals surface area contributed by atoms with E-state index in [-0.39, 0.29) is 58.1 Å². The molecule has 292 valence electrons. The van der Waals surface area contributed by atoms with Crippen molar-refractivity contribution >= 4 is 93.2 Å². The van der Waals surface area contributed by atoms with Crippen LogP contribution in [0.15, 0.2) is 28.7 Å². The molecule has 4 aromatic rings. The number of rotatable bonds is 7. The van der Waals surface area contributed by atoms with Crippen LogP contribution >= 0.6 is 39.1 Å². The summed E-state index contributed by atoms with van der Waals surface area (Å²) < 4.78 is 138. The predicted octanol–water partition coefficient (Wildman–Crippen LogP) is 7.93. The van der Waals surface area contributed by atoms with Crippen molar-refractivity contribution in [1.82, 2.24) is 19.6 Å². The monoisotopic (exact) mass is 888 g/mol. The Labute approximate surface area is 317 Å². The highest BCUT2D eigenvalue weighted by atomic mass is 79.9. The van der Waals surface area contributed by atoms with Crippen LogP contribution in [0.25, 0.3) is 21.8 Å². The molecule has 1 saturated heterocycles. The van der Waals surface area contributed by atoms with Crippen molar-refractivity contribution in [3.05, 3.63) is 50.2 Å². The number of sulfone groups is 2. The summed E-state index contributed by atoms with van der Waals surface area (Å²) in [5.74, 6) is -1.02. The van der Waals surface area contributed by atoms with Crippen LogP contribution < -0.4 is 5.46 Å². The summed E-state index contributed by atoms with van der Waals surface area (Å²) in [6, 6.07) is 5.96. The van der Waals surface area contributed by atoms with Gasteiger partial charge >= 0.3 is 19.5 Å². The average molecular weight is 890 g/mol. The molecule has 0 bridgehead atoms. The number of nitrogens with zero attached hydrogens (tertiary/aromatic N) is 4. The fraction of sp³-hybridized carbons (Fsp3) is 0.533. The Bertz CT molecular complexity index is 2160. The summed E-state index contributed by atoms with van der Waals surface area (Å²) in [6.45, 7) is 4.56. The molecule has 1 aliphatic rings. The molecule has 1 fully saturated rings. The van der Waals surface area contributed by atoms with Gasteiger partial charge in [-0.25, -0.2) is 16.8 Å². The van der Waals surface area contributed by atoms with E-state index < -0.39 is 74.9 Å². The quantitative estimate of drug-likeness (QED) is 0.136. The van der Waals surface area contributed by atoms with E-state index in [2.05, 4.69) is 26.1 Å². The molecule has 10 nitrogen and oxygen atoms in total. The first kappa shape index (κ1) is 46.1. The minimum absolute atomic E-state index is 0. The van der Waals surface area contributed by atoms with Gasteiger partial charge in [0.1, 0.15) is 13.1 Å². The van der Waals surface area contributed by atoms with Crippen molar-refractivity contribution < 1.29 is 52.5 Å². The van der Waals surface area contributed by atoms with Crippen LogP contribution in [0.4, 0.5) is 26.3 Å². The highest BCUT2D eigenvalue weighted by molar-refractivity contribution is 9.10. The Morgan fingerprint density at radius 3 is 1.48 bits per heavy atom. The van der Waals surface area contributed by atoms with E-state index in [0.29, 0.717) is 14.6 Å². The van der Waals surface area contributed by atoms with Crippen molar-refractivity contribution in [3.63, 3.8) is 0 Å². The lowest BCUT2D eigenvalue weighted by atomic mass is 9.77. The standard InChI is InChI=1S/C17H21BClF3N2O4S.C11H9BrClF3N2O2S.2CH4/c1-15(2)16(3,4)28-18(27-15)10-6-7-11(19)13-12(8-29(5,25)26)23-24(14(10)13)9-17(20,21)22;1-21(19,20)4-8-9-7(13)3-2-6(12)10(9)18(17-8)5-11(14,15)16;;/h6-7H,8-9H2,1-5H3;2-3H,4-5H2,1H3;2*1H4. The van der Waals surface area contributed by atoms with Gasteiger partial charge in [-0.3, -0.25) is 9.36 Å². The van der Waals surface area contributed by atoms with Crippen LogP contribution in [0.1, 0.15) is 53.9 Å². The van der Waals surface area contributed by atoms with Gasteiger partial charge in [-0.15, -0.1) is 0 Å². The molecule has 0 amide bonds. The first-order valence-corrected chi connectivity index (χ1v) is 20.0. The van der Waals surface area contributed by atoms with Crippen molar-refractivity contribution in [2.24, 2.45) is 0 Å². The molecule has 2 aromatic heterocycles. The molecule has 0 atom stereocenters.